The maximum Gasteiger partial charge on any atom is 0.323 e. The van der Waals surface area contributed by atoms with Gasteiger partial charge in [-0.25, -0.2) is 0 Å². The summed E-state index contributed by atoms with van der Waals surface area (Å²) >= 11 is 0. The molecule has 0 saturated carbocycles. The van der Waals surface area contributed by atoms with Crippen molar-refractivity contribution in [3.8, 4) is 0 Å². The number of ether oxygens (including phenoxy) is 2. The largest absolute Gasteiger partial charge is 0.465 e. The van der Waals surface area contributed by atoms with Gasteiger partial charge < -0.3 is 14.8 Å². The Morgan fingerprint density at radius 1 is 1.06 bits per heavy atom. The number of benzene rings is 1. The molecule has 2 rings (SSSR count). The lowest BCUT2D eigenvalue weighted by molar-refractivity contribution is -0.149. The number of carbonyl (C=O) groups excluding carboxylic acids is 3. The van der Waals surface area contributed by atoms with Crippen LogP contribution in [0.2, 0.25) is 0 Å². The fourth-order valence-corrected chi connectivity index (χ4v) is 3.58. The molecular formula is C24H36N2O5. The van der Waals surface area contributed by atoms with Gasteiger partial charge in [-0.15, -0.1) is 0 Å². The second-order valence-corrected chi connectivity index (χ2v) is 7.96. The van der Waals surface area contributed by atoms with E-state index in [0.717, 1.165) is 37.8 Å². The van der Waals surface area contributed by atoms with Gasteiger partial charge in [0.2, 0.25) is 5.91 Å². The average Bonchev–Trinajstić information content (AvgIpc) is 3.23. The van der Waals surface area contributed by atoms with Crippen LogP contribution in [-0.2, 0) is 30.5 Å². The smallest absolute Gasteiger partial charge is 0.323 e. The molecule has 1 N–H and O–H groups in total. The van der Waals surface area contributed by atoms with Gasteiger partial charge in [0.25, 0.3) is 0 Å². The topological polar surface area (TPSA) is 84.9 Å². The summed E-state index contributed by atoms with van der Waals surface area (Å²) in [7, 11) is 0. The number of carbonyl (C=O) groups is 3. The molecule has 0 aliphatic carbocycles. The molecule has 1 aromatic carbocycles. The van der Waals surface area contributed by atoms with Crippen molar-refractivity contribution in [3.05, 3.63) is 35.9 Å². The van der Waals surface area contributed by atoms with Crippen LogP contribution >= 0.6 is 0 Å². The van der Waals surface area contributed by atoms with Crippen LogP contribution in [0.1, 0.15) is 63.9 Å². The van der Waals surface area contributed by atoms with Crippen LogP contribution < -0.4 is 5.32 Å². The maximum atomic E-state index is 12.4. The van der Waals surface area contributed by atoms with Gasteiger partial charge in [0.05, 0.1) is 13.2 Å². The molecule has 31 heavy (non-hydrogen) atoms. The van der Waals surface area contributed by atoms with Gasteiger partial charge in [-0.3, -0.25) is 19.3 Å². The molecule has 1 aliphatic heterocycles. The molecule has 0 bridgehead atoms. The van der Waals surface area contributed by atoms with E-state index >= 15 is 0 Å². The molecule has 1 aliphatic rings. The molecule has 7 nitrogen and oxygen atoms in total. The number of rotatable bonds is 14. The van der Waals surface area contributed by atoms with E-state index in [9.17, 15) is 14.4 Å². The standard InChI is InChI=1S/C24H36N2O5/c1-2-3-8-15-25-22(27)18-26-16-10-13-21(26)24(29)30-17-9-7-14-23(28)31-19-20-11-5-4-6-12-20/h4-6,11-12,21H,2-3,7-10,13-19H2,1H3,(H,25,27)/t21-/m0/s1. The highest BCUT2D eigenvalue weighted by atomic mass is 16.5. The Bertz CT molecular complexity index is 680. The van der Waals surface area contributed by atoms with Gasteiger partial charge >= 0.3 is 11.9 Å². The SMILES string of the molecule is CCCCCNC(=O)CN1CCC[C@H]1C(=O)OCCCCC(=O)OCc1ccccc1. The van der Waals surface area contributed by atoms with E-state index in [1.807, 2.05) is 35.2 Å². The average molecular weight is 433 g/mol. The number of hydrogen-bond donors (Lipinski definition) is 1. The number of likely N-dealkylation sites (tertiary alicyclic amines) is 1. The molecule has 1 fully saturated rings. The normalized spacial score (nSPS) is 16.1. The molecule has 0 unspecified atom stereocenters. The molecule has 1 heterocycles. The third-order valence-electron chi connectivity index (χ3n) is 5.35. The van der Waals surface area contributed by atoms with Crippen LogP contribution in [0, 0.1) is 0 Å². The lowest BCUT2D eigenvalue weighted by atomic mass is 10.2. The van der Waals surface area contributed by atoms with Gasteiger partial charge in [-0.1, -0.05) is 50.1 Å². The fraction of sp³-hybridized carbons (Fsp3) is 0.625. The summed E-state index contributed by atoms with van der Waals surface area (Å²) in [5, 5.41) is 2.92. The Kier molecular flexibility index (Phi) is 11.7. The maximum absolute atomic E-state index is 12.4. The number of esters is 2. The Hall–Kier alpha value is -2.41. The van der Waals surface area contributed by atoms with Crippen molar-refractivity contribution in [2.45, 2.75) is 70.9 Å². The highest BCUT2D eigenvalue weighted by Gasteiger charge is 2.32. The van der Waals surface area contributed by atoms with Gasteiger partial charge in [0.1, 0.15) is 12.6 Å². The number of nitrogens with one attached hydrogen (secondary N) is 1. The number of amides is 1. The van der Waals surface area contributed by atoms with Crippen molar-refractivity contribution in [1.82, 2.24) is 10.2 Å². The van der Waals surface area contributed by atoms with Gasteiger partial charge in [-0.2, -0.15) is 0 Å². The first-order valence-electron chi connectivity index (χ1n) is 11.5. The van der Waals surface area contributed by atoms with E-state index in [2.05, 4.69) is 12.2 Å². The van der Waals surface area contributed by atoms with Gasteiger partial charge in [0.15, 0.2) is 0 Å². The molecule has 0 spiro atoms. The summed E-state index contributed by atoms with van der Waals surface area (Å²) in [6, 6.07) is 9.20. The third-order valence-corrected chi connectivity index (χ3v) is 5.35. The minimum atomic E-state index is -0.350. The summed E-state index contributed by atoms with van der Waals surface area (Å²) in [5.74, 6) is -0.560. The van der Waals surface area contributed by atoms with Crippen molar-refractivity contribution >= 4 is 17.8 Å². The first-order valence-corrected chi connectivity index (χ1v) is 11.5. The summed E-state index contributed by atoms with van der Waals surface area (Å²) < 4.78 is 10.6. The molecule has 7 heteroatoms. The van der Waals surface area contributed by atoms with E-state index in [1.165, 1.54) is 0 Å². The minimum absolute atomic E-state index is 0.0372. The number of unbranched alkanes of at least 4 members (excludes halogenated alkanes) is 3. The summed E-state index contributed by atoms with van der Waals surface area (Å²) in [5.41, 5.74) is 0.959. The summed E-state index contributed by atoms with van der Waals surface area (Å²) in [4.78, 5) is 38.2. The Morgan fingerprint density at radius 2 is 1.87 bits per heavy atom. The molecule has 1 aromatic rings. The van der Waals surface area contributed by atoms with Crippen LogP contribution in [0.15, 0.2) is 30.3 Å². The molecule has 172 valence electrons. The summed E-state index contributed by atoms with van der Waals surface area (Å²) in [6.45, 7) is 4.33. The molecule has 0 aromatic heterocycles. The van der Waals surface area contributed by atoms with Crippen LogP contribution in [0.3, 0.4) is 0 Å². The first kappa shape index (κ1) is 24.9. The Morgan fingerprint density at radius 3 is 2.65 bits per heavy atom. The molecule has 0 radical (unpaired) electrons. The second-order valence-electron chi connectivity index (χ2n) is 7.96. The highest BCUT2D eigenvalue weighted by Crippen LogP contribution is 2.18. The van der Waals surface area contributed by atoms with Crippen LogP contribution in [0.5, 0.6) is 0 Å². The van der Waals surface area contributed by atoms with Crippen LogP contribution in [-0.4, -0.2) is 55.0 Å². The molecule has 1 saturated heterocycles. The lowest BCUT2D eigenvalue weighted by Gasteiger charge is -2.22. The van der Waals surface area contributed by atoms with Crippen LogP contribution in [0.25, 0.3) is 0 Å². The van der Waals surface area contributed by atoms with E-state index in [-0.39, 0.29) is 43.6 Å². The molecule has 1 amide bonds. The predicted molar refractivity (Wildman–Crippen MR) is 118 cm³/mol. The molecule has 1 atom stereocenters. The fourth-order valence-electron chi connectivity index (χ4n) is 3.58. The van der Waals surface area contributed by atoms with Crippen molar-refractivity contribution in [2.75, 3.05) is 26.2 Å². The lowest BCUT2D eigenvalue weighted by Crippen LogP contribution is -2.43. The van der Waals surface area contributed by atoms with Crippen molar-refractivity contribution in [3.63, 3.8) is 0 Å². The second kappa shape index (κ2) is 14.6. The number of nitrogens with zero attached hydrogens (tertiary/aromatic N) is 1. The number of hydrogen-bond acceptors (Lipinski definition) is 6. The predicted octanol–water partition coefficient (Wildman–Crippen LogP) is 3.21. The van der Waals surface area contributed by atoms with Crippen molar-refractivity contribution < 1.29 is 23.9 Å². The van der Waals surface area contributed by atoms with E-state index in [4.69, 9.17) is 9.47 Å². The third kappa shape index (κ3) is 9.96. The van der Waals surface area contributed by atoms with E-state index in [0.29, 0.717) is 32.2 Å². The minimum Gasteiger partial charge on any atom is -0.465 e. The zero-order chi connectivity index (χ0) is 22.3. The van der Waals surface area contributed by atoms with Gasteiger partial charge in [-0.05, 0) is 44.2 Å². The summed E-state index contributed by atoms with van der Waals surface area (Å²) in [6.07, 6.45) is 6.32. The zero-order valence-corrected chi connectivity index (χ0v) is 18.6. The van der Waals surface area contributed by atoms with Crippen LogP contribution in [0.4, 0.5) is 0 Å². The first-order chi connectivity index (χ1) is 15.1. The Labute approximate surface area is 185 Å². The molecular weight excluding hydrogens is 396 g/mol. The van der Waals surface area contributed by atoms with Gasteiger partial charge in [0, 0.05) is 13.0 Å². The highest BCUT2D eigenvalue weighted by molar-refractivity contribution is 5.80. The van der Waals surface area contributed by atoms with Crippen molar-refractivity contribution in [1.29, 1.82) is 0 Å². The quantitative estimate of drug-likeness (QED) is 0.359. The van der Waals surface area contributed by atoms with Crippen molar-refractivity contribution in [2.24, 2.45) is 0 Å². The van der Waals surface area contributed by atoms with E-state index in [1.54, 1.807) is 0 Å². The monoisotopic (exact) mass is 432 g/mol. The van der Waals surface area contributed by atoms with E-state index < -0.39 is 0 Å². The Balaban J connectivity index is 1.56. The zero-order valence-electron chi connectivity index (χ0n) is 18.6.